The summed E-state index contributed by atoms with van der Waals surface area (Å²) in [7, 11) is 0. The Labute approximate surface area is 795 Å². The Balaban J connectivity index is 0.000000152. The lowest BCUT2D eigenvalue weighted by Gasteiger charge is -2.31. The fourth-order valence-corrected chi connectivity index (χ4v) is 18.5. The number of pyridine rings is 4. The molecule has 0 bridgehead atoms. The molecule has 7 unspecified atom stereocenters. The second kappa shape index (κ2) is 48.9. The smallest absolute Gasteiger partial charge is 0.223 e. The molecule has 0 fully saturated rings. The third-order valence-electron chi connectivity index (χ3n) is 26.7. The predicted molar refractivity (Wildman–Crippen MR) is 525 cm³/mol. The summed E-state index contributed by atoms with van der Waals surface area (Å²) in [6.45, 7) is 25.4. The van der Waals surface area contributed by atoms with Gasteiger partial charge in [-0.1, -0.05) is 166 Å². The fourth-order valence-electron chi connectivity index (χ4n) is 18.5. The number of halogens is 4. The molecule has 4 aliphatic carbocycles. The summed E-state index contributed by atoms with van der Waals surface area (Å²) in [5.74, 6) is 1.44. The molecule has 0 N–H and O–H groups in total. The molecule has 0 saturated heterocycles. The van der Waals surface area contributed by atoms with Crippen LogP contribution < -0.4 is 18.9 Å². The van der Waals surface area contributed by atoms with Crippen LogP contribution in [0, 0.1) is 51.0 Å². The molecule has 4 amide bonds. The van der Waals surface area contributed by atoms with E-state index in [1.807, 2.05) is 135 Å². The molecule has 0 aliphatic heterocycles. The first-order valence-electron chi connectivity index (χ1n) is 48.1. The van der Waals surface area contributed by atoms with Gasteiger partial charge in [0.25, 0.3) is 0 Å². The Bertz CT molecular complexity index is 5910. The zero-order chi connectivity index (χ0) is 95.4. The molecular formula is C115H130F4N8O8. The minimum absolute atomic E-state index is 0.00970. The highest BCUT2D eigenvalue weighted by atomic mass is 19.1. The van der Waals surface area contributed by atoms with Gasteiger partial charge in [0.15, 0.2) is 0 Å². The van der Waals surface area contributed by atoms with Gasteiger partial charge in [-0.15, -0.1) is 0 Å². The number of ether oxygens (including phenoxy) is 4. The van der Waals surface area contributed by atoms with Crippen LogP contribution in [0.5, 0.6) is 23.5 Å². The van der Waals surface area contributed by atoms with Crippen LogP contribution in [0.1, 0.15) is 253 Å². The van der Waals surface area contributed by atoms with Gasteiger partial charge in [-0.2, -0.15) is 0 Å². The summed E-state index contributed by atoms with van der Waals surface area (Å²) in [6.07, 6.45) is 17.4. The molecule has 16 nitrogen and oxygen atoms in total. The van der Waals surface area contributed by atoms with Crippen molar-refractivity contribution >= 4 is 23.6 Å². The second-order valence-corrected chi connectivity index (χ2v) is 36.5. The number of benzene rings is 8. The summed E-state index contributed by atoms with van der Waals surface area (Å²) in [6, 6.07) is 72.7. The molecule has 4 heterocycles. The van der Waals surface area contributed by atoms with Crippen LogP contribution in [-0.2, 0) is 77.0 Å². The van der Waals surface area contributed by atoms with Gasteiger partial charge < -0.3 is 38.5 Å². The van der Waals surface area contributed by atoms with Crippen LogP contribution >= 0.6 is 0 Å². The quantitative estimate of drug-likeness (QED) is 0.0341. The van der Waals surface area contributed by atoms with Crippen molar-refractivity contribution in [1.82, 2.24) is 39.5 Å². The molecule has 12 aromatic rings. The Morgan fingerprint density at radius 2 is 0.615 bits per heavy atom. The maximum absolute atomic E-state index is 13.6. The number of nitrogens with zero attached hydrogens (tertiary/aromatic N) is 8. The Morgan fingerprint density at radius 3 is 0.956 bits per heavy atom. The van der Waals surface area contributed by atoms with E-state index < -0.39 is 0 Å². The van der Waals surface area contributed by atoms with Gasteiger partial charge in [0, 0.05) is 72.7 Å². The van der Waals surface area contributed by atoms with Crippen molar-refractivity contribution in [3.8, 4) is 23.5 Å². The van der Waals surface area contributed by atoms with Crippen molar-refractivity contribution in [1.29, 1.82) is 0 Å². The number of rotatable bonds is 36. The van der Waals surface area contributed by atoms with Gasteiger partial charge in [0.05, 0.1) is 50.3 Å². The molecule has 4 aliphatic rings. The van der Waals surface area contributed by atoms with E-state index in [0.717, 1.165) is 119 Å². The maximum Gasteiger partial charge on any atom is 0.223 e. The molecule has 8 aromatic carbocycles. The number of carbonyl (C=O) groups is 4. The zero-order valence-electron chi connectivity index (χ0n) is 80.2. The molecule has 16 rings (SSSR count). The molecule has 4 aromatic heterocycles. The highest BCUT2D eigenvalue weighted by Gasteiger charge is 2.31. The standard InChI is InChI=1S/C30H35FN2O2.C29H33FN2O2.2C28H31FN2O2/c1-20-8-9-22(3)32-30(20)35-17-16-33(23(4)26-11-10-25-6-5-7-27(25)19-26)29(34)18-21(2)24-12-14-28(31)15-13-24;1-20(23-12-14-27(30)15-13-23)18-29(33)32(16-17-34-28-9-4-6-21(2)31-28)22(3)25-11-10-24-7-5-8-26(24)19-25;1-20-5-3-8-27(30-20)33-18-17-31(28(32)16-11-22-9-14-26(29)15-10-22)21(2)24-13-12-23-6-4-7-25(23)19-24;1-20(22-11-13-26(29)14-12-22)18-28(32)31(16-17-33-27-8-3-4-15-30-27)21(2)24-10-9-23-6-5-7-25(23)19-24/h8-15,19,21,23H,5-7,16-18H2,1-4H3;4,6,9-15,19-20,22H,5,7-8,16-18H2,1-3H3;3,5,8-10,12-15,19,21H,4,6-7,11,16-18H2,1-2H3;3-4,8-15,19-21H,5-7,16-18H2,1-2H3. The maximum atomic E-state index is 13.6. The highest BCUT2D eigenvalue weighted by molar-refractivity contribution is 5.79. The first-order chi connectivity index (χ1) is 65.2. The normalized spacial score (nSPS) is 14.1. The second-order valence-electron chi connectivity index (χ2n) is 36.5. The van der Waals surface area contributed by atoms with E-state index in [-0.39, 0.29) is 88.8 Å². The number of hydrogen-bond donors (Lipinski definition) is 0. The predicted octanol–water partition coefficient (Wildman–Crippen LogP) is 24.2. The molecule has 0 radical (unpaired) electrons. The molecule has 135 heavy (non-hydrogen) atoms. The Hall–Kier alpha value is -12.8. The lowest BCUT2D eigenvalue weighted by atomic mass is 9.96. The van der Waals surface area contributed by atoms with Crippen molar-refractivity contribution in [2.75, 3.05) is 52.6 Å². The van der Waals surface area contributed by atoms with E-state index in [2.05, 4.69) is 120 Å². The molecule has 0 spiro atoms. The summed E-state index contributed by atoms with van der Waals surface area (Å²) in [4.78, 5) is 79.0. The number of fused-ring (bicyclic) bond motifs is 4. The van der Waals surface area contributed by atoms with Gasteiger partial charge in [-0.3, -0.25) is 19.2 Å². The van der Waals surface area contributed by atoms with E-state index in [1.165, 1.54) is 119 Å². The number of amides is 4. The van der Waals surface area contributed by atoms with Crippen molar-refractivity contribution in [3.63, 3.8) is 0 Å². The highest BCUT2D eigenvalue weighted by Crippen LogP contribution is 2.37. The molecule has 0 saturated carbocycles. The van der Waals surface area contributed by atoms with Gasteiger partial charge in [-0.25, -0.2) is 37.5 Å². The van der Waals surface area contributed by atoms with Crippen molar-refractivity contribution < 1.29 is 55.7 Å². The SMILES string of the molecule is CC(CC(=O)N(CCOc1ccccn1)C(C)c1ccc2c(c1)CCC2)c1ccc(F)cc1.Cc1ccc(C)c(OCCN(C(=O)CC(C)c2ccc(F)cc2)C(C)c2ccc3c(c2)CCC3)n1.Cc1cccc(OCCN(C(=O)CC(C)c2ccc(F)cc2)C(C)c2ccc3c(c2)CCC3)n1.Cc1cccc(OCCN(C(=O)CCc2ccc(F)cc2)C(C)c2ccc3c(c2)CCC3)n1. The fraction of sp³-hybridized carbons (Fsp3) is 0.374. The van der Waals surface area contributed by atoms with Gasteiger partial charge in [0.2, 0.25) is 47.1 Å². The summed E-state index contributed by atoms with van der Waals surface area (Å²) >= 11 is 0. The molecule has 20 heteroatoms. The Kier molecular flexibility index (Phi) is 36.1. The van der Waals surface area contributed by atoms with E-state index in [1.54, 1.807) is 54.7 Å². The van der Waals surface area contributed by atoms with Crippen molar-refractivity contribution in [2.45, 2.75) is 227 Å². The number of aromatic nitrogens is 4. The van der Waals surface area contributed by atoms with E-state index in [9.17, 15) is 36.7 Å². The van der Waals surface area contributed by atoms with E-state index in [4.69, 9.17) is 18.9 Å². The van der Waals surface area contributed by atoms with Crippen molar-refractivity contribution in [3.05, 3.63) is 378 Å². The van der Waals surface area contributed by atoms with Crippen LogP contribution in [0.3, 0.4) is 0 Å². The first-order valence-corrected chi connectivity index (χ1v) is 48.1. The van der Waals surface area contributed by atoms with Crippen LogP contribution in [0.4, 0.5) is 17.6 Å². The Morgan fingerprint density at radius 1 is 0.311 bits per heavy atom. The minimum atomic E-state index is -0.268. The largest absolute Gasteiger partial charge is 0.476 e. The van der Waals surface area contributed by atoms with E-state index in [0.29, 0.717) is 108 Å². The third kappa shape index (κ3) is 28.6. The summed E-state index contributed by atoms with van der Waals surface area (Å²) in [5.41, 5.74) is 23.4. The summed E-state index contributed by atoms with van der Waals surface area (Å²) < 4.78 is 76.8. The summed E-state index contributed by atoms with van der Waals surface area (Å²) in [5, 5.41) is 0. The molecular weight excluding hydrogens is 1700 g/mol. The van der Waals surface area contributed by atoms with Crippen LogP contribution in [0.2, 0.25) is 0 Å². The zero-order valence-corrected chi connectivity index (χ0v) is 80.2. The van der Waals surface area contributed by atoms with Crippen LogP contribution in [0.15, 0.2) is 243 Å². The number of hydrogen-bond acceptors (Lipinski definition) is 12. The minimum Gasteiger partial charge on any atom is -0.476 e. The number of aryl methyl sites for hydroxylation is 13. The van der Waals surface area contributed by atoms with Gasteiger partial charge >= 0.3 is 0 Å². The average molecular weight is 1830 g/mol. The van der Waals surface area contributed by atoms with Gasteiger partial charge in [-0.05, 0) is 318 Å². The first kappa shape index (κ1) is 99.6. The average Bonchev–Trinajstić information content (AvgIpc) is 1.74. The van der Waals surface area contributed by atoms with Crippen LogP contribution in [0.25, 0.3) is 0 Å². The van der Waals surface area contributed by atoms with Gasteiger partial charge in [0.1, 0.15) is 49.7 Å². The van der Waals surface area contributed by atoms with Crippen LogP contribution in [-0.4, -0.2) is 116 Å². The monoisotopic (exact) mass is 1830 g/mol. The third-order valence-corrected chi connectivity index (χ3v) is 26.7. The van der Waals surface area contributed by atoms with E-state index >= 15 is 0 Å². The lowest BCUT2D eigenvalue weighted by molar-refractivity contribution is -0.135. The number of carbonyl (C=O) groups excluding carboxylic acids is 4. The lowest BCUT2D eigenvalue weighted by Crippen LogP contribution is -2.37. The molecule has 7 atom stereocenters. The topological polar surface area (TPSA) is 170 Å². The van der Waals surface area contributed by atoms with Crippen molar-refractivity contribution in [2.24, 2.45) is 0 Å². The molecule has 706 valence electrons.